The summed E-state index contributed by atoms with van der Waals surface area (Å²) in [6, 6.07) is 4.38. The van der Waals surface area contributed by atoms with Gasteiger partial charge in [0.25, 0.3) is 10.0 Å². The number of carbonyl (C=O) groups is 1. The largest absolute Gasteiger partial charge is 0.477 e. The maximum Gasteiger partial charge on any atom is 0.345 e. The molecule has 0 aliphatic carbocycles. The lowest BCUT2D eigenvalue weighted by atomic mass is 10.3. The summed E-state index contributed by atoms with van der Waals surface area (Å²) >= 11 is 0.878. The van der Waals surface area contributed by atoms with Gasteiger partial charge in [0.15, 0.2) is 0 Å². The van der Waals surface area contributed by atoms with E-state index in [-0.39, 0.29) is 28.8 Å². The van der Waals surface area contributed by atoms with Crippen LogP contribution in [0.5, 0.6) is 5.88 Å². The molecular formula is C12H10N2O5S2. The summed E-state index contributed by atoms with van der Waals surface area (Å²) in [6.07, 6.45) is 1.52. The number of fused-ring (bicyclic) bond motifs is 1. The number of aromatic nitrogens is 1. The average molecular weight is 326 g/mol. The van der Waals surface area contributed by atoms with Gasteiger partial charge in [-0.3, -0.25) is 4.31 Å². The molecule has 0 saturated carbocycles. The van der Waals surface area contributed by atoms with Crippen LogP contribution in [0.1, 0.15) is 9.67 Å². The highest BCUT2D eigenvalue weighted by atomic mass is 32.2. The van der Waals surface area contributed by atoms with E-state index in [9.17, 15) is 13.2 Å². The van der Waals surface area contributed by atoms with Crippen LogP contribution >= 0.6 is 11.3 Å². The van der Waals surface area contributed by atoms with Gasteiger partial charge in [-0.2, -0.15) is 0 Å². The zero-order valence-corrected chi connectivity index (χ0v) is 12.2. The molecule has 0 spiro atoms. The topological polar surface area (TPSA) is 96.8 Å². The van der Waals surface area contributed by atoms with Gasteiger partial charge >= 0.3 is 5.97 Å². The van der Waals surface area contributed by atoms with Crippen molar-refractivity contribution < 1.29 is 23.1 Å². The van der Waals surface area contributed by atoms with E-state index in [4.69, 9.17) is 9.84 Å². The molecular weight excluding hydrogens is 316 g/mol. The number of hydrogen-bond donors (Lipinski definition) is 1. The molecule has 3 rings (SSSR count). The van der Waals surface area contributed by atoms with Crippen LogP contribution in [0.4, 0.5) is 5.69 Å². The second-order valence-corrected chi connectivity index (χ2v) is 6.98. The fourth-order valence-corrected chi connectivity index (χ4v) is 4.52. The third-order valence-corrected chi connectivity index (χ3v) is 5.79. The Morgan fingerprint density at radius 1 is 1.48 bits per heavy atom. The lowest BCUT2D eigenvalue weighted by Crippen LogP contribution is -2.38. The first-order chi connectivity index (χ1) is 10.00. The Morgan fingerprint density at radius 3 is 3.00 bits per heavy atom. The second kappa shape index (κ2) is 5.01. The Bertz CT molecular complexity index is 799. The highest BCUT2D eigenvalue weighted by molar-refractivity contribution is 7.93. The molecule has 0 atom stereocenters. The van der Waals surface area contributed by atoms with E-state index in [1.807, 2.05) is 0 Å². The average Bonchev–Trinajstić information content (AvgIpc) is 2.97. The van der Waals surface area contributed by atoms with Crippen molar-refractivity contribution in [1.29, 1.82) is 0 Å². The number of anilines is 1. The molecule has 0 unspecified atom stereocenters. The molecule has 7 nitrogen and oxygen atoms in total. The van der Waals surface area contributed by atoms with Gasteiger partial charge in [-0.25, -0.2) is 18.2 Å². The number of carboxylic acids is 1. The minimum absolute atomic E-state index is 0.0201. The predicted octanol–water partition coefficient (Wildman–Crippen LogP) is 1.43. The molecule has 110 valence electrons. The first-order valence-corrected chi connectivity index (χ1v) is 8.24. The first-order valence-electron chi connectivity index (χ1n) is 5.92. The van der Waals surface area contributed by atoms with Gasteiger partial charge in [0.2, 0.25) is 5.88 Å². The number of thiophene rings is 1. The molecule has 1 N–H and O–H groups in total. The monoisotopic (exact) mass is 326 g/mol. The van der Waals surface area contributed by atoms with Crippen LogP contribution in [0.2, 0.25) is 0 Å². The minimum atomic E-state index is -3.83. The Hall–Kier alpha value is -2.13. The number of nitrogens with zero attached hydrogens (tertiary/aromatic N) is 2. The molecule has 2 aromatic rings. The van der Waals surface area contributed by atoms with Crippen LogP contribution in [-0.4, -0.2) is 37.6 Å². The SMILES string of the molecule is O=C(O)c1cc(S(=O)(=O)N2CCOc3ncccc32)cs1. The quantitative estimate of drug-likeness (QED) is 0.916. The number of aromatic carboxylic acids is 1. The summed E-state index contributed by atoms with van der Waals surface area (Å²) in [5, 5.41) is 10.2. The molecule has 0 radical (unpaired) electrons. The van der Waals surface area contributed by atoms with Crippen LogP contribution in [0.15, 0.2) is 34.7 Å². The highest BCUT2D eigenvalue weighted by Crippen LogP contribution is 2.34. The number of carboxylic acid groups (broad SMARTS) is 1. The molecule has 9 heteroatoms. The van der Waals surface area contributed by atoms with Gasteiger partial charge in [0.1, 0.15) is 17.2 Å². The van der Waals surface area contributed by atoms with Gasteiger partial charge in [-0.15, -0.1) is 11.3 Å². The lowest BCUT2D eigenvalue weighted by Gasteiger charge is -2.29. The van der Waals surface area contributed by atoms with E-state index in [0.717, 1.165) is 17.4 Å². The smallest absolute Gasteiger partial charge is 0.345 e. The fourth-order valence-electron chi connectivity index (χ4n) is 1.97. The minimum Gasteiger partial charge on any atom is -0.477 e. The van der Waals surface area contributed by atoms with Crippen LogP contribution in [-0.2, 0) is 10.0 Å². The summed E-state index contributed by atoms with van der Waals surface area (Å²) in [6.45, 7) is 0.346. The van der Waals surface area contributed by atoms with Crippen molar-refractivity contribution in [2.24, 2.45) is 0 Å². The number of ether oxygens (including phenoxy) is 1. The van der Waals surface area contributed by atoms with Gasteiger partial charge in [-0.05, 0) is 18.2 Å². The molecule has 3 heterocycles. The van der Waals surface area contributed by atoms with E-state index in [0.29, 0.717) is 5.69 Å². The molecule has 1 aliphatic rings. The van der Waals surface area contributed by atoms with Gasteiger partial charge < -0.3 is 9.84 Å². The Labute approximate surface area is 124 Å². The second-order valence-electron chi connectivity index (χ2n) is 4.21. The molecule has 0 aromatic carbocycles. The van der Waals surface area contributed by atoms with Crippen molar-refractivity contribution in [3.8, 4) is 5.88 Å². The molecule has 1 aliphatic heterocycles. The van der Waals surface area contributed by atoms with Crippen molar-refractivity contribution in [3.05, 3.63) is 34.7 Å². The first kappa shape index (κ1) is 13.8. The Balaban J connectivity index is 2.05. The van der Waals surface area contributed by atoms with Crippen LogP contribution < -0.4 is 9.04 Å². The van der Waals surface area contributed by atoms with E-state index in [1.54, 1.807) is 12.1 Å². The molecule has 0 bridgehead atoms. The lowest BCUT2D eigenvalue weighted by molar-refractivity contribution is 0.0702. The normalized spacial score (nSPS) is 14.4. The Morgan fingerprint density at radius 2 is 2.29 bits per heavy atom. The van der Waals surface area contributed by atoms with E-state index >= 15 is 0 Å². The van der Waals surface area contributed by atoms with Gasteiger partial charge in [0.05, 0.1) is 11.4 Å². The summed E-state index contributed by atoms with van der Waals surface area (Å²) in [5.74, 6) is -0.897. The van der Waals surface area contributed by atoms with E-state index in [1.165, 1.54) is 15.9 Å². The molecule has 0 fully saturated rings. The molecule has 21 heavy (non-hydrogen) atoms. The maximum absolute atomic E-state index is 12.6. The summed E-state index contributed by atoms with van der Waals surface area (Å²) in [7, 11) is -3.83. The maximum atomic E-state index is 12.6. The highest BCUT2D eigenvalue weighted by Gasteiger charge is 2.31. The van der Waals surface area contributed by atoms with Crippen molar-refractivity contribution in [3.63, 3.8) is 0 Å². The summed E-state index contributed by atoms with van der Waals surface area (Å²) in [4.78, 5) is 14.8. The number of rotatable bonds is 3. The van der Waals surface area contributed by atoms with Crippen LogP contribution in [0.25, 0.3) is 0 Å². The Kier molecular flexibility index (Phi) is 3.30. The van der Waals surface area contributed by atoms with Crippen LogP contribution in [0, 0.1) is 0 Å². The third-order valence-electron chi connectivity index (χ3n) is 2.93. The van der Waals surface area contributed by atoms with E-state index in [2.05, 4.69) is 4.98 Å². The molecule has 2 aromatic heterocycles. The van der Waals surface area contributed by atoms with Crippen molar-refractivity contribution >= 4 is 33.0 Å². The summed E-state index contributed by atoms with van der Waals surface area (Å²) in [5.41, 5.74) is 0.354. The van der Waals surface area contributed by atoms with Crippen molar-refractivity contribution in [1.82, 2.24) is 4.98 Å². The summed E-state index contributed by atoms with van der Waals surface area (Å²) < 4.78 is 31.8. The van der Waals surface area contributed by atoms with Gasteiger partial charge in [0, 0.05) is 11.6 Å². The predicted molar refractivity (Wildman–Crippen MR) is 75.5 cm³/mol. The number of sulfonamides is 1. The standard InChI is InChI=1S/C12H10N2O5S2/c15-12(16)10-6-8(7-20-10)21(17,18)14-4-5-19-11-9(14)2-1-3-13-11/h1-3,6-7H,4-5H2,(H,15,16). The van der Waals surface area contributed by atoms with E-state index < -0.39 is 16.0 Å². The van der Waals surface area contributed by atoms with Crippen LogP contribution in [0.3, 0.4) is 0 Å². The number of pyridine rings is 1. The van der Waals surface area contributed by atoms with Crippen molar-refractivity contribution in [2.75, 3.05) is 17.5 Å². The molecule has 0 amide bonds. The fraction of sp³-hybridized carbons (Fsp3) is 0.167. The third kappa shape index (κ3) is 2.34. The van der Waals surface area contributed by atoms with Gasteiger partial charge in [-0.1, -0.05) is 0 Å². The zero-order valence-electron chi connectivity index (χ0n) is 10.6. The zero-order chi connectivity index (χ0) is 15.0. The van der Waals surface area contributed by atoms with Crippen molar-refractivity contribution in [2.45, 2.75) is 4.90 Å². The molecule has 0 saturated heterocycles. The number of hydrogen-bond acceptors (Lipinski definition) is 6.